The van der Waals surface area contributed by atoms with Gasteiger partial charge in [0.15, 0.2) is 0 Å². The monoisotopic (exact) mass is 320 g/mol. The molecular weight excluding hydrogens is 292 g/mol. The van der Waals surface area contributed by atoms with Crippen LogP contribution in [0.4, 0.5) is 0 Å². The molecule has 0 amide bonds. The van der Waals surface area contributed by atoms with Gasteiger partial charge in [-0.25, -0.2) is 0 Å². The van der Waals surface area contributed by atoms with Crippen LogP contribution in [0.15, 0.2) is 58.5 Å². The van der Waals surface area contributed by atoms with Crippen molar-refractivity contribution in [2.24, 2.45) is 17.3 Å². The van der Waals surface area contributed by atoms with E-state index < -0.39 is 0 Å². The van der Waals surface area contributed by atoms with E-state index in [0.717, 1.165) is 6.54 Å². The molecule has 4 unspecified atom stereocenters. The van der Waals surface area contributed by atoms with Crippen LogP contribution in [-0.2, 0) is 0 Å². The molecule has 3 aliphatic heterocycles. The molecule has 0 bridgehead atoms. The summed E-state index contributed by atoms with van der Waals surface area (Å²) in [4.78, 5) is 5.10. The standard InChI is InChI=1S/C22H28N2/c1-14-6-8-21(3)9-11-24-18-7-10-23(5)13-16(18)17-12-15(2)19(14)20(21)22(17,24)4/h6,8-9,11-12,14-15H,7,10,13H2,1-5H3. The number of rotatable bonds is 0. The fourth-order valence-corrected chi connectivity index (χ4v) is 6.07. The molecule has 0 N–H and O–H groups in total. The molecule has 4 atom stereocenters. The Morgan fingerprint density at radius 2 is 1.92 bits per heavy atom. The minimum absolute atomic E-state index is 0.0280. The van der Waals surface area contributed by atoms with Gasteiger partial charge >= 0.3 is 0 Å². The van der Waals surface area contributed by atoms with E-state index in [4.69, 9.17) is 0 Å². The predicted molar refractivity (Wildman–Crippen MR) is 99.2 cm³/mol. The summed E-state index contributed by atoms with van der Waals surface area (Å²) in [6.07, 6.45) is 13.5. The maximum atomic E-state index is 2.62. The first-order chi connectivity index (χ1) is 11.4. The molecule has 3 heterocycles. The first kappa shape index (κ1) is 14.8. The molecule has 126 valence electrons. The highest BCUT2D eigenvalue weighted by Gasteiger charge is 2.57. The maximum absolute atomic E-state index is 2.62. The van der Waals surface area contributed by atoms with E-state index in [1.165, 1.54) is 13.0 Å². The largest absolute Gasteiger partial charge is 0.338 e. The van der Waals surface area contributed by atoms with Gasteiger partial charge in [0.25, 0.3) is 0 Å². The molecule has 0 aromatic carbocycles. The van der Waals surface area contributed by atoms with E-state index in [1.54, 1.807) is 28.0 Å². The lowest BCUT2D eigenvalue weighted by molar-refractivity contribution is 0.245. The molecular formula is C22H28N2. The summed E-state index contributed by atoms with van der Waals surface area (Å²) in [6, 6.07) is 0. The Hall–Kier alpha value is -1.54. The predicted octanol–water partition coefficient (Wildman–Crippen LogP) is 4.26. The second kappa shape index (κ2) is 4.35. The Balaban J connectivity index is 1.80. The van der Waals surface area contributed by atoms with Crippen LogP contribution in [-0.4, -0.2) is 35.5 Å². The molecule has 0 saturated carbocycles. The van der Waals surface area contributed by atoms with Gasteiger partial charge in [0, 0.05) is 36.8 Å². The lowest BCUT2D eigenvalue weighted by Gasteiger charge is -2.54. The lowest BCUT2D eigenvalue weighted by Crippen LogP contribution is -2.52. The van der Waals surface area contributed by atoms with Crippen LogP contribution in [0.1, 0.15) is 34.1 Å². The smallest absolute Gasteiger partial charge is 0.0893 e. The number of allylic oxidation sites excluding steroid dienone is 5. The average Bonchev–Trinajstić information content (AvgIpc) is 2.77. The zero-order chi connectivity index (χ0) is 16.9. The summed E-state index contributed by atoms with van der Waals surface area (Å²) in [5, 5.41) is 0. The molecule has 24 heavy (non-hydrogen) atoms. The molecule has 5 aliphatic rings. The zero-order valence-electron chi connectivity index (χ0n) is 15.6. The van der Waals surface area contributed by atoms with Crippen molar-refractivity contribution in [1.29, 1.82) is 0 Å². The van der Waals surface area contributed by atoms with Gasteiger partial charge in [0.2, 0.25) is 0 Å². The number of hydrogen-bond donors (Lipinski definition) is 0. The zero-order valence-corrected chi connectivity index (χ0v) is 15.6. The summed E-state index contributed by atoms with van der Waals surface area (Å²) >= 11 is 0. The third kappa shape index (κ3) is 1.52. The topological polar surface area (TPSA) is 6.48 Å². The van der Waals surface area contributed by atoms with Gasteiger partial charge in [-0.15, -0.1) is 0 Å². The highest BCUT2D eigenvalue weighted by atomic mass is 15.3. The van der Waals surface area contributed by atoms with E-state index in [2.05, 4.69) is 75.0 Å². The van der Waals surface area contributed by atoms with Crippen LogP contribution >= 0.6 is 0 Å². The van der Waals surface area contributed by atoms with Gasteiger partial charge < -0.3 is 9.80 Å². The van der Waals surface area contributed by atoms with Crippen molar-refractivity contribution < 1.29 is 0 Å². The number of likely N-dealkylation sites (N-methyl/N-ethyl adjacent to an activating group) is 1. The Morgan fingerprint density at radius 3 is 2.71 bits per heavy atom. The fraction of sp³-hybridized carbons (Fsp3) is 0.545. The molecule has 0 aromatic rings. The summed E-state index contributed by atoms with van der Waals surface area (Å²) in [6.45, 7) is 11.9. The Labute approximate surface area is 145 Å². The van der Waals surface area contributed by atoms with Crippen molar-refractivity contribution in [3.8, 4) is 0 Å². The normalized spacial score (nSPS) is 43.2. The summed E-state index contributed by atoms with van der Waals surface area (Å²) in [5.41, 5.74) is 8.18. The van der Waals surface area contributed by atoms with Gasteiger partial charge in [0.05, 0.1) is 5.54 Å². The van der Waals surface area contributed by atoms with E-state index >= 15 is 0 Å². The van der Waals surface area contributed by atoms with Crippen molar-refractivity contribution in [2.45, 2.75) is 39.7 Å². The first-order valence-electron chi connectivity index (χ1n) is 9.42. The van der Waals surface area contributed by atoms with Gasteiger partial charge in [-0.1, -0.05) is 43.7 Å². The molecule has 2 nitrogen and oxygen atoms in total. The van der Waals surface area contributed by atoms with Crippen LogP contribution in [0.2, 0.25) is 0 Å². The minimum Gasteiger partial charge on any atom is -0.338 e. The van der Waals surface area contributed by atoms with Crippen molar-refractivity contribution >= 4 is 0 Å². The van der Waals surface area contributed by atoms with Gasteiger partial charge in [-0.2, -0.15) is 0 Å². The average molecular weight is 320 g/mol. The SMILES string of the molecule is CC1C=CC2(C)C=CN3C4=C(CN(C)CC4)C4=CC(C)C1=C2C43C. The molecule has 0 aromatic heterocycles. The van der Waals surface area contributed by atoms with Crippen molar-refractivity contribution in [3.05, 3.63) is 58.5 Å². The summed E-state index contributed by atoms with van der Waals surface area (Å²) < 4.78 is 0. The molecule has 5 rings (SSSR count). The van der Waals surface area contributed by atoms with Crippen molar-refractivity contribution in [3.63, 3.8) is 0 Å². The van der Waals surface area contributed by atoms with Crippen LogP contribution in [0.3, 0.4) is 0 Å². The van der Waals surface area contributed by atoms with Gasteiger partial charge in [-0.05, 0) is 49.5 Å². The minimum atomic E-state index is 0.0280. The second-order valence-corrected chi connectivity index (χ2v) is 8.80. The summed E-state index contributed by atoms with van der Waals surface area (Å²) in [7, 11) is 2.26. The number of hydrogen-bond acceptors (Lipinski definition) is 2. The van der Waals surface area contributed by atoms with Crippen molar-refractivity contribution in [1.82, 2.24) is 9.80 Å². The number of fused-ring (bicyclic) bond motifs is 2. The van der Waals surface area contributed by atoms with Crippen LogP contribution < -0.4 is 0 Å². The molecule has 2 aliphatic carbocycles. The lowest BCUT2D eigenvalue weighted by atomic mass is 9.57. The van der Waals surface area contributed by atoms with E-state index in [-0.39, 0.29) is 11.0 Å². The van der Waals surface area contributed by atoms with E-state index in [0.29, 0.717) is 11.8 Å². The van der Waals surface area contributed by atoms with E-state index in [9.17, 15) is 0 Å². The summed E-state index contributed by atoms with van der Waals surface area (Å²) in [5.74, 6) is 1.08. The Kier molecular flexibility index (Phi) is 2.68. The van der Waals surface area contributed by atoms with E-state index in [1.807, 2.05) is 0 Å². The second-order valence-electron chi connectivity index (χ2n) is 8.80. The quantitative estimate of drug-likeness (QED) is 0.615. The van der Waals surface area contributed by atoms with Gasteiger partial charge in [0.1, 0.15) is 0 Å². The highest BCUT2D eigenvalue weighted by Crippen LogP contribution is 2.61. The fourth-order valence-electron chi connectivity index (χ4n) is 6.07. The third-order valence-electron chi connectivity index (χ3n) is 7.14. The maximum Gasteiger partial charge on any atom is 0.0893 e. The third-order valence-corrected chi connectivity index (χ3v) is 7.14. The van der Waals surface area contributed by atoms with Crippen molar-refractivity contribution in [2.75, 3.05) is 20.1 Å². The molecule has 0 fully saturated rings. The Morgan fingerprint density at radius 1 is 1.12 bits per heavy atom. The molecule has 2 heteroatoms. The first-order valence-corrected chi connectivity index (χ1v) is 9.42. The van der Waals surface area contributed by atoms with Crippen LogP contribution in [0.25, 0.3) is 0 Å². The molecule has 0 saturated heterocycles. The van der Waals surface area contributed by atoms with Gasteiger partial charge in [-0.3, -0.25) is 0 Å². The van der Waals surface area contributed by atoms with Crippen LogP contribution in [0.5, 0.6) is 0 Å². The van der Waals surface area contributed by atoms with Crippen LogP contribution in [0, 0.1) is 17.3 Å². The highest BCUT2D eigenvalue weighted by molar-refractivity contribution is 5.66. The molecule has 0 spiro atoms. The number of nitrogens with zero attached hydrogens (tertiary/aromatic N) is 2. The molecule has 0 radical (unpaired) electrons. The Bertz CT molecular complexity index is 793.